The van der Waals surface area contributed by atoms with Gasteiger partial charge in [-0.05, 0) is 30.9 Å². The van der Waals surface area contributed by atoms with Crippen molar-refractivity contribution in [1.82, 2.24) is 4.98 Å². The van der Waals surface area contributed by atoms with Crippen molar-refractivity contribution in [3.05, 3.63) is 18.2 Å². The minimum Gasteiger partial charge on any atom is -0.370 e. The van der Waals surface area contributed by atoms with Gasteiger partial charge in [0.25, 0.3) is 0 Å². The van der Waals surface area contributed by atoms with E-state index in [-0.39, 0.29) is 0 Å². The summed E-state index contributed by atoms with van der Waals surface area (Å²) in [4.78, 5) is 4.30. The Bertz CT molecular complexity index is 307. The number of nitrogens with two attached hydrogens (primary N) is 1. The van der Waals surface area contributed by atoms with Crippen molar-refractivity contribution in [2.45, 2.75) is 25.7 Å². The van der Waals surface area contributed by atoms with Gasteiger partial charge in [0, 0.05) is 6.54 Å². The highest BCUT2D eigenvalue weighted by Crippen LogP contribution is 2.24. The molecule has 0 saturated heterocycles. The summed E-state index contributed by atoms with van der Waals surface area (Å²) in [6.07, 6.45) is 5.46. The van der Waals surface area contributed by atoms with Crippen LogP contribution in [-0.4, -0.2) is 11.5 Å². The topological polar surface area (TPSA) is 63.0 Å². The maximum atomic E-state index is 5.30. The van der Waals surface area contributed by atoms with Crippen LogP contribution >= 0.6 is 0 Å². The lowest BCUT2D eigenvalue weighted by atomic mass is 10.1. The summed E-state index contributed by atoms with van der Waals surface area (Å²) in [5, 5.41) is 3.35. The maximum absolute atomic E-state index is 5.30. The van der Waals surface area contributed by atoms with Crippen molar-refractivity contribution in [1.29, 1.82) is 0 Å². The number of aromatic nitrogens is 1. The number of hydrogen-bond acceptors (Lipinski definition) is 4. The van der Waals surface area contributed by atoms with E-state index in [9.17, 15) is 0 Å². The molecule has 4 N–H and O–H groups in total. The molecule has 1 aliphatic carbocycles. The van der Waals surface area contributed by atoms with Crippen LogP contribution in [0.1, 0.15) is 25.7 Å². The number of hydrogen-bond donors (Lipinski definition) is 3. The molecule has 4 heteroatoms. The Morgan fingerprint density at radius 1 is 1.27 bits per heavy atom. The molecule has 4 nitrogen and oxygen atoms in total. The Hall–Kier alpha value is -1.29. The normalized spacial score (nSPS) is 16.6. The molecular formula is C11H18N4. The van der Waals surface area contributed by atoms with Crippen LogP contribution in [0.4, 0.5) is 11.6 Å². The highest BCUT2D eigenvalue weighted by Gasteiger charge is 2.14. The quantitative estimate of drug-likeness (QED) is 0.520. The Morgan fingerprint density at radius 2 is 2.00 bits per heavy atom. The van der Waals surface area contributed by atoms with Crippen LogP contribution in [0, 0.1) is 5.92 Å². The fourth-order valence-corrected chi connectivity index (χ4v) is 2.08. The average molecular weight is 206 g/mol. The predicted octanol–water partition coefficient (Wildman–Crippen LogP) is 1.97. The van der Waals surface area contributed by atoms with E-state index in [0.29, 0.717) is 5.82 Å². The number of hydrazine groups is 1. The summed E-state index contributed by atoms with van der Waals surface area (Å²) in [5.74, 6) is 7.72. The third-order valence-corrected chi connectivity index (χ3v) is 2.94. The zero-order valence-electron chi connectivity index (χ0n) is 8.87. The first-order valence-corrected chi connectivity index (χ1v) is 5.56. The highest BCUT2D eigenvalue weighted by molar-refractivity contribution is 5.44. The fraction of sp³-hybridized carbons (Fsp3) is 0.545. The number of rotatable bonds is 4. The monoisotopic (exact) mass is 206 g/mol. The van der Waals surface area contributed by atoms with Gasteiger partial charge in [-0.15, -0.1) is 0 Å². The molecule has 1 aromatic heterocycles. The molecular weight excluding hydrogens is 188 g/mol. The molecule has 0 aromatic carbocycles. The molecule has 1 heterocycles. The molecule has 1 aliphatic rings. The molecule has 0 radical (unpaired) electrons. The molecule has 2 rings (SSSR count). The molecule has 82 valence electrons. The van der Waals surface area contributed by atoms with Crippen LogP contribution in [-0.2, 0) is 0 Å². The number of anilines is 2. The first-order chi connectivity index (χ1) is 7.38. The van der Waals surface area contributed by atoms with Gasteiger partial charge in [-0.2, -0.15) is 0 Å². The largest absolute Gasteiger partial charge is 0.370 e. The lowest BCUT2D eigenvalue weighted by Gasteiger charge is -2.11. The van der Waals surface area contributed by atoms with Gasteiger partial charge >= 0.3 is 0 Å². The van der Waals surface area contributed by atoms with Gasteiger partial charge in [0.15, 0.2) is 0 Å². The Morgan fingerprint density at radius 3 is 2.73 bits per heavy atom. The average Bonchev–Trinajstić information content (AvgIpc) is 2.79. The van der Waals surface area contributed by atoms with Gasteiger partial charge in [-0.25, -0.2) is 10.8 Å². The van der Waals surface area contributed by atoms with E-state index in [1.54, 1.807) is 0 Å². The lowest BCUT2D eigenvalue weighted by molar-refractivity contribution is 0.579. The van der Waals surface area contributed by atoms with Gasteiger partial charge in [0.2, 0.25) is 0 Å². The molecule has 0 spiro atoms. The van der Waals surface area contributed by atoms with Gasteiger partial charge in [-0.1, -0.05) is 18.9 Å². The third-order valence-electron chi connectivity index (χ3n) is 2.94. The van der Waals surface area contributed by atoms with Gasteiger partial charge < -0.3 is 10.7 Å². The number of nitrogens with zero attached hydrogens (tertiary/aromatic N) is 1. The summed E-state index contributed by atoms with van der Waals surface area (Å²) in [6.45, 7) is 1.03. The SMILES string of the molecule is NNc1cccc(NCC2CCCC2)n1. The smallest absolute Gasteiger partial charge is 0.142 e. The fourth-order valence-electron chi connectivity index (χ4n) is 2.08. The van der Waals surface area contributed by atoms with Crippen molar-refractivity contribution in [2.75, 3.05) is 17.3 Å². The minimum absolute atomic E-state index is 0.700. The second-order valence-electron chi connectivity index (χ2n) is 4.08. The Kier molecular flexibility index (Phi) is 3.40. The van der Waals surface area contributed by atoms with Crippen LogP contribution < -0.4 is 16.6 Å². The second-order valence-corrected chi connectivity index (χ2v) is 4.08. The van der Waals surface area contributed by atoms with E-state index in [1.165, 1.54) is 25.7 Å². The third kappa shape index (κ3) is 2.83. The predicted molar refractivity (Wildman–Crippen MR) is 62.5 cm³/mol. The van der Waals surface area contributed by atoms with Gasteiger partial charge in [-0.3, -0.25) is 0 Å². The first-order valence-electron chi connectivity index (χ1n) is 5.56. The minimum atomic E-state index is 0.700. The molecule has 1 saturated carbocycles. The molecule has 0 aliphatic heterocycles. The molecule has 1 fully saturated rings. The van der Waals surface area contributed by atoms with E-state index in [2.05, 4.69) is 15.7 Å². The van der Waals surface area contributed by atoms with Crippen molar-refractivity contribution in [3.8, 4) is 0 Å². The molecule has 0 bridgehead atoms. The van der Waals surface area contributed by atoms with Crippen LogP contribution in [0.5, 0.6) is 0 Å². The summed E-state index contributed by atoms with van der Waals surface area (Å²) in [6, 6.07) is 5.76. The zero-order valence-corrected chi connectivity index (χ0v) is 8.87. The van der Waals surface area contributed by atoms with Gasteiger partial charge in [0.1, 0.15) is 11.6 Å². The number of nitrogens with one attached hydrogen (secondary N) is 2. The van der Waals surface area contributed by atoms with Crippen molar-refractivity contribution < 1.29 is 0 Å². The first kappa shape index (κ1) is 10.2. The van der Waals surface area contributed by atoms with Crippen molar-refractivity contribution >= 4 is 11.6 Å². The van der Waals surface area contributed by atoms with E-state index < -0.39 is 0 Å². The van der Waals surface area contributed by atoms with Crippen molar-refractivity contribution in [3.63, 3.8) is 0 Å². The van der Waals surface area contributed by atoms with E-state index in [4.69, 9.17) is 5.84 Å². The maximum Gasteiger partial charge on any atom is 0.142 e. The molecule has 0 atom stereocenters. The van der Waals surface area contributed by atoms with Crippen LogP contribution in [0.3, 0.4) is 0 Å². The molecule has 0 amide bonds. The summed E-state index contributed by atoms with van der Waals surface area (Å²) < 4.78 is 0. The number of pyridine rings is 1. The van der Waals surface area contributed by atoms with Gasteiger partial charge in [0.05, 0.1) is 0 Å². The lowest BCUT2D eigenvalue weighted by Crippen LogP contribution is -2.13. The Balaban J connectivity index is 1.86. The van der Waals surface area contributed by atoms with Crippen LogP contribution in [0.15, 0.2) is 18.2 Å². The molecule has 1 aromatic rings. The standard InChI is InChI=1S/C11H18N4/c12-15-11-7-3-6-10(14-11)13-8-9-4-1-2-5-9/h3,6-7,9H,1-2,4-5,8,12H2,(H2,13,14,15). The summed E-state index contributed by atoms with van der Waals surface area (Å²) >= 11 is 0. The second kappa shape index (κ2) is 4.98. The number of nitrogen functional groups attached to an aromatic ring is 1. The zero-order chi connectivity index (χ0) is 10.5. The van der Waals surface area contributed by atoms with E-state index >= 15 is 0 Å². The van der Waals surface area contributed by atoms with Crippen LogP contribution in [0.25, 0.3) is 0 Å². The highest BCUT2D eigenvalue weighted by atomic mass is 15.3. The molecule has 15 heavy (non-hydrogen) atoms. The van der Waals surface area contributed by atoms with Crippen molar-refractivity contribution in [2.24, 2.45) is 11.8 Å². The Labute approximate surface area is 90.2 Å². The summed E-state index contributed by atoms with van der Waals surface area (Å²) in [7, 11) is 0. The van der Waals surface area contributed by atoms with Crippen LogP contribution in [0.2, 0.25) is 0 Å². The summed E-state index contributed by atoms with van der Waals surface area (Å²) in [5.41, 5.74) is 2.54. The molecule has 0 unspecified atom stereocenters. The van der Waals surface area contributed by atoms with E-state index in [0.717, 1.165) is 18.3 Å². The van der Waals surface area contributed by atoms with E-state index in [1.807, 2.05) is 18.2 Å².